The third-order valence-corrected chi connectivity index (χ3v) is 7.36. The first-order chi connectivity index (χ1) is 14.3. The number of sulfonamides is 1. The Balaban J connectivity index is 1.69. The summed E-state index contributed by atoms with van der Waals surface area (Å²) < 4.78 is 29.6. The largest absolute Gasteiger partial charge is 0.377 e. The average molecular weight is 430 g/mol. The number of aromatic nitrogens is 2. The first-order valence-electron chi connectivity index (χ1n) is 9.72. The first kappa shape index (κ1) is 20.3. The zero-order chi connectivity index (χ0) is 21.5. The Morgan fingerprint density at radius 1 is 1.17 bits per heavy atom. The van der Waals surface area contributed by atoms with Gasteiger partial charge in [0.25, 0.3) is 5.69 Å². The van der Waals surface area contributed by atoms with E-state index in [4.69, 9.17) is 0 Å². The van der Waals surface area contributed by atoms with Gasteiger partial charge in [0.1, 0.15) is 10.7 Å². The highest BCUT2D eigenvalue weighted by Crippen LogP contribution is 2.31. The van der Waals surface area contributed by atoms with Crippen LogP contribution in [-0.4, -0.2) is 40.3 Å². The third-order valence-electron chi connectivity index (χ3n) is 5.42. The first-order valence-corrected chi connectivity index (χ1v) is 11.2. The van der Waals surface area contributed by atoms with Gasteiger partial charge in [-0.05, 0) is 43.5 Å². The van der Waals surface area contributed by atoms with Crippen LogP contribution in [0.15, 0.2) is 41.3 Å². The molecule has 1 aliphatic rings. The summed E-state index contributed by atoms with van der Waals surface area (Å²) in [7, 11) is -1.93. The number of benzene rings is 2. The summed E-state index contributed by atoms with van der Waals surface area (Å²) in [6.07, 6.45) is 1.58. The Hall–Kier alpha value is -2.98. The number of anilines is 1. The Labute approximate surface area is 174 Å². The molecule has 0 aliphatic carbocycles. The van der Waals surface area contributed by atoms with E-state index in [1.807, 2.05) is 36.7 Å². The highest BCUT2D eigenvalue weighted by molar-refractivity contribution is 7.89. The Morgan fingerprint density at radius 3 is 2.60 bits per heavy atom. The molecule has 1 aliphatic heterocycles. The fraction of sp³-hybridized carbons (Fsp3) is 0.350. The van der Waals surface area contributed by atoms with Crippen LogP contribution in [0.2, 0.25) is 0 Å². The predicted molar refractivity (Wildman–Crippen MR) is 114 cm³/mol. The Bertz CT molecular complexity index is 1230. The fourth-order valence-corrected chi connectivity index (χ4v) is 5.45. The molecule has 0 unspecified atom stereocenters. The van der Waals surface area contributed by atoms with Gasteiger partial charge in [-0.3, -0.25) is 10.1 Å². The Kier molecular flexibility index (Phi) is 5.20. The maximum Gasteiger partial charge on any atom is 0.270 e. The van der Waals surface area contributed by atoms with Crippen molar-refractivity contribution in [1.29, 1.82) is 0 Å². The molecular formula is C20H23N5O4S. The van der Waals surface area contributed by atoms with Gasteiger partial charge in [-0.1, -0.05) is 6.07 Å². The van der Waals surface area contributed by atoms with Crippen LogP contribution in [0, 0.1) is 17.0 Å². The van der Waals surface area contributed by atoms with E-state index >= 15 is 0 Å². The molecule has 2 heterocycles. The monoisotopic (exact) mass is 429 g/mol. The van der Waals surface area contributed by atoms with E-state index in [-0.39, 0.29) is 17.1 Å². The quantitative estimate of drug-likeness (QED) is 0.476. The molecule has 0 spiro atoms. The fourth-order valence-electron chi connectivity index (χ4n) is 3.74. The summed E-state index contributed by atoms with van der Waals surface area (Å²) in [5, 5.41) is 14.4. The molecule has 4 rings (SSSR count). The zero-order valence-corrected chi connectivity index (χ0v) is 17.6. The number of hydrogen-bond acceptors (Lipinski definition) is 6. The van der Waals surface area contributed by atoms with Crippen molar-refractivity contribution < 1.29 is 13.3 Å². The van der Waals surface area contributed by atoms with Crippen LogP contribution in [0.5, 0.6) is 0 Å². The molecule has 1 saturated heterocycles. The summed E-state index contributed by atoms with van der Waals surface area (Å²) in [4.78, 5) is 15.2. The number of non-ortho nitro benzene ring substituents is 1. The van der Waals surface area contributed by atoms with Gasteiger partial charge >= 0.3 is 0 Å². The van der Waals surface area contributed by atoms with Gasteiger partial charge in [0, 0.05) is 32.3 Å². The molecular weight excluding hydrogens is 406 g/mol. The van der Waals surface area contributed by atoms with Gasteiger partial charge in [-0.2, -0.15) is 4.31 Å². The predicted octanol–water partition coefficient (Wildman–Crippen LogP) is 3.19. The summed E-state index contributed by atoms with van der Waals surface area (Å²) in [5.74, 6) is 0.735. The zero-order valence-electron chi connectivity index (χ0n) is 16.8. The Morgan fingerprint density at radius 2 is 1.90 bits per heavy atom. The van der Waals surface area contributed by atoms with Crippen LogP contribution >= 0.6 is 0 Å². The smallest absolute Gasteiger partial charge is 0.270 e. The van der Waals surface area contributed by atoms with E-state index in [1.54, 1.807) is 0 Å². The third kappa shape index (κ3) is 3.63. The molecule has 1 N–H and O–H groups in total. The van der Waals surface area contributed by atoms with Gasteiger partial charge in [0.15, 0.2) is 0 Å². The number of nitrogens with zero attached hydrogens (tertiary/aromatic N) is 4. The lowest BCUT2D eigenvalue weighted by Crippen LogP contribution is -2.28. The number of imidazole rings is 1. The minimum absolute atomic E-state index is 0.0757. The molecule has 158 valence electrons. The minimum atomic E-state index is -3.83. The number of nitro groups is 1. The summed E-state index contributed by atoms with van der Waals surface area (Å²) in [6.45, 7) is 3.13. The van der Waals surface area contributed by atoms with Crippen molar-refractivity contribution in [3.05, 3.63) is 57.9 Å². The molecule has 1 fully saturated rings. The topological polar surface area (TPSA) is 110 Å². The van der Waals surface area contributed by atoms with Crippen molar-refractivity contribution >= 4 is 32.4 Å². The maximum absolute atomic E-state index is 13.1. The molecule has 2 aromatic carbocycles. The second-order valence-electron chi connectivity index (χ2n) is 7.48. The van der Waals surface area contributed by atoms with Crippen LogP contribution < -0.4 is 5.32 Å². The normalized spacial score (nSPS) is 15.0. The maximum atomic E-state index is 13.1. The molecule has 0 radical (unpaired) electrons. The number of rotatable bonds is 6. The number of fused-ring (bicyclic) bond motifs is 1. The van der Waals surface area contributed by atoms with Crippen LogP contribution in [0.3, 0.4) is 0 Å². The number of hydrogen-bond donors (Lipinski definition) is 1. The van der Waals surface area contributed by atoms with E-state index in [0.29, 0.717) is 18.8 Å². The summed E-state index contributed by atoms with van der Waals surface area (Å²) in [5.41, 5.74) is 3.02. The number of nitro benzene ring substituents is 1. The van der Waals surface area contributed by atoms with Gasteiger partial charge in [-0.25, -0.2) is 13.4 Å². The van der Waals surface area contributed by atoms with E-state index in [9.17, 15) is 18.5 Å². The average Bonchev–Trinajstić information content (AvgIpc) is 3.35. The molecule has 0 saturated carbocycles. The van der Waals surface area contributed by atoms with Crippen LogP contribution in [0.4, 0.5) is 11.4 Å². The van der Waals surface area contributed by atoms with Crippen molar-refractivity contribution in [2.24, 2.45) is 7.05 Å². The molecule has 10 heteroatoms. The highest BCUT2D eigenvalue weighted by Gasteiger charge is 2.31. The minimum Gasteiger partial charge on any atom is -0.377 e. The van der Waals surface area contributed by atoms with Gasteiger partial charge < -0.3 is 9.88 Å². The standard InChI is InChI=1S/C20H23N5O4S/c1-14-5-8-18-17(11-14)22-20(23(18)2)13-21-16-7-6-15(25(26)27)12-19(16)30(28,29)24-9-3-4-10-24/h5-8,11-12,21H,3-4,9-10,13H2,1-2H3. The number of nitrogens with one attached hydrogen (secondary N) is 1. The second-order valence-corrected chi connectivity index (χ2v) is 9.39. The van der Waals surface area contributed by atoms with E-state index in [0.717, 1.165) is 41.3 Å². The van der Waals surface area contributed by atoms with Crippen molar-refractivity contribution in [1.82, 2.24) is 13.9 Å². The highest BCUT2D eigenvalue weighted by atomic mass is 32.2. The molecule has 0 atom stereocenters. The summed E-state index contributed by atoms with van der Waals surface area (Å²) >= 11 is 0. The number of aryl methyl sites for hydroxylation is 2. The summed E-state index contributed by atoms with van der Waals surface area (Å²) in [6, 6.07) is 9.90. The SMILES string of the molecule is Cc1ccc2c(c1)nc(CNc1ccc([N+](=O)[O-])cc1S(=O)(=O)N1CCCC1)n2C. The molecule has 1 aromatic heterocycles. The lowest BCUT2D eigenvalue weighted by molar-refractivity contribution is -0.385. The van der Waals surface area contributed by atoms with Gasteiger partial charge in [0.2, 0.25) is 10.0 Å². The van der Waals surface area contributed by atoms with Gasteiger partial charge in [-0.15, -0.1) is 0 Å². The van der Waals surface area contributed by atoms with Crippen LogP contribution in [-0.2, 0) is 23.6 Å². The molecule has 30 heavy (non-hydrogen) atoms. The molecule has 0 amide bonds. The van der Waals surface area contributed by atoms with Crippen LogP contribution in [0.1, 0.15) is 24.2 Å². The van der Waals surface area contributed by atoms with Crippen LogP contribution in [0.25, 0.3) is 11.0 Å². The lowest BCUT2D eigenvalue weighted by Gasteiger charge is -2.18. The van der Waals surface area contributed by atoms with Gasteiger partial charge in [0.05, 0.1) is 28.2 Å². The lowest BCUT2D eigenvalue weighted by atomic mass is 10.2. The van der Waals surface area contributed by atoms with E-state index in [2.05, 4.69) is 10.3 Å². The van der Waals surface area contributed by atoms with Crippen molar-refractivity contribution in [2.75, 3.05) is 18.4 Å². The van der Waals surface area contributed by atoms with Crippen molar-refractivity contribution in [2.45, 2.75) is 31.2 Å². The second kappa shape index (κ2) is 7.69. The van der Waals surface area contributed by atoms with Crippen molar-refractivity contribution in [3.63, 3.8) is 0 Å². The van der Waals surface area contributed by atoms with E-state index < -0.39 is 14.9 Å². The molecule has 9 nitrogen and oxygen atoms in total. The van der Waals surface area contributed by atoms with E-state index in [1.165, 1.54) is 16.4 Å². The molecule has 3 aromatic rings. The molecule has 0 bridgehead atoms. The van der Waals surface area contributed by atoms with Crippen molar-refractivity contribution in [3.8, 4) is 0 Å².